The van der Waals surface area contributed by atoms with E-state index in [1.54, 1.807) is 41.3 Å². The van der Waals surface area contributed by atoms with Crippen LogP contribution in [0.1, 0.15) is 39.0 Å². The van der Waals surface area contributed by atoms with Crippen molar-refractivity contribution in [2.75, 3.05) is 18.5 Å². The number of fused-ring (bicyclic) bond motifs is 1. The molecule has 1 N–H and O–H groups in total. The predicted molar refractivity (Wildman–Crippen MR) is 109 cm³/mol. The van der Waals surface area contributed by atoms with Gasteiger partial charge < -0.3 is 19.4 Å². The molecule has 4 rings (SSSR count). The van der Waals surface area contributed by atoms with E-state index in [0.29, 0.717) is 36.7 Å². The van der Waals surface area contributed by atoms with Crippen molar-refractivity contribution in [1.82, 2.24) is 4.90 Å². The van der Waals surface area contributed by atoms with Crippen LogP contribution >= 0.6 is 0 Å². The number of furan rings is 1. The Morgan fingerprint density at radius 3 is 2.66 bits per heavy atom. The minimum absolute atomic E-state index is 0.121. The first-order valence-electron chi connectivity index (χ1n) is 9.63. The molecule has 2 amide bonds. The van der Waals surface area contributed by atoms with Gasteiger partial charge in [-0.3, -0.25) is 9.59 Å². The molecule has 1 aliphatic heterocycles. The first kappa shape index (κ1) is 18.8. The van der Waals surface area contributed by atoms with Crippen LogP contribution in [0.5, 0.6) is 5.75 Å². The average Bonchev–Trinajstić information content (AvgIpc) is 3.28. The number of anilines is 1. The monoisotopic (exact) mass is 390 g/mol. The van der Waals surface area contributed by atoms with Crippen molar-refractivity contribution in [3.8, 4) is 5.75 Å². The van der Waals surface area contributed by atoms with E-state index in [1.807, 2.05) is 25.1 Å². The van der Waals surface area contributed by atoms with Gasteiger partial charge in [0.1, 0.15) is 5.75 Å². The van der Waals surface area contributed by atoms with Gasteiger partial charge in [-0.05, 0) is 73.0 Å². The van der Waals surface area contributed by atoms with Crippen LogP contribution in [0.4, 0.5) is 5.69 Å². The second-order valence-electron chi connectivity index (χ2n) is 6.85. The zero-order valence-corrected chi connectivity index (χ0v) is 16.2. The Kier molecular flexibility index (Phi) is 5.33. The third-order valence-corrected chi connectivity index (χ3v) is 4.92. The summed E-state index contributed by atoms with van der Waals surface area (Å²) in [5.74, 6) is 0.768. The summed E-state index contributed by atoms with van der Waals surface area (Å²) in [5.41, 5.74) is 3.48. The molecule has 0 spiro atoms. The van der Waals surface area contributed by atoms with Gasteiger partial charge in [0.15, 0.2) is 5.76 Å². The number of nitrogens with zero attached hydrogens (tertiary/aromatic N) is 1. The lowest BCUT2D eigenvalue weighted by Crippen LogP contribution is -2.35. The van der Waals surface area contributed by atoms with Crippen LogP contribution in [0.2, 0.25) is 0 Å². The van der Waals surface area contributed by atoms with E-state index in [4.69, 9.17) is 9.15 Å². The van der Waals surface area contributed by atoms with E-state index in [-0.39, 0.29) is 11.8 Å². The van der Waals surface area contributed by atoms with Crippen LogP contribution in [0.15, 0.2) is 65.3 Å². The van der Waals surface area contributed by atoms with Crippen molar-refractivity contribution >= 4 is 17.5 Å². The summed E-state index contributed by atoms with van der Waals surface area (Å²) >= 11 is 0. The first-order valence-corrected chi connectivity index (χ1v) is 9.63. The fourth-order valence-electron chi connectivity index (χ4n) is 3.44. The van der Waals surface area contributed by atoms with Crippen LogP contribution in [0.3, 0.4) is 0 Å². The molecule has 0 saturated carbocycles. The SMILES string of the molecule is CCOc1ccc(C(=O)Nc2ccc3c(c2)CN(C(=O)c2ccco2)CC3)cc1. The minimum Gasteiger partial charge on any atom is -0.494 e. The molecular formula is C23H22N2O4. The summed E-state index contributed by atoms with van der Waals surface area (Å²) in [6.45, 7) is 3.63. The summed E-state index contributed by atoms with van der Waals surface area (Å²) in [7, 11) is 0. The van der Waals surface area contributed by atoms with Gasteiger partial charge in [-0.1, -0.05) is 6.07 Å². The third-order valence-electron chi connectivity index (χ3n) is 4.92. The number of hydrogen-bond donors (Lipinski definition) is 1. The Balaban J connectivity index is 1.46. The molecular weight excluding hydrogens is 368 g/mol. The quantitative estimate of drug-likeness (QED) is 0.711. The van der Waals surface area contributed by atoms with E-state index >= 15 is 0 Å². The number of carbonyl (C=O) groups is 2. The normalized spacial score (nSPS) is 12.9. The van der Waals surface area contributed by atoms with E-state index in [2.05, 4.69) is 5.32 Å². The van der Waals surface area contributed by atoms with Crippen LogP contribution in [0, 0.1) is 0 Å². The molecule has 2 aromatic carbocycles. The second kappa shape index (κ2) is 8.22. The Morgan fingerprint density at radius 2 is 1.93 bits per heavy atom. The zero-order chi connectivity index (χ0) is 20.2. The lowest BCUT2D eigenvalue weighted by Gasteiger charge is -2.28. The lowest BCUT2D eigenvalue weighted by atomic mass is 9.98. The van der Waals surface area contributed by atoms with Crippen LogP contribution < -0.4 is 10.1 Å². The van der Waals surface area contributed by atoms with E-state index in [9.17, 15) is 9.59 Å². The summed E-state index contributed by atoms with van der Waals surface area (Å²) in [6, 6.07) is 16.3. The number of benzene rings is 2. The fourth-order valence-corrected chi connectivity index (χ4v) is 3.44. The second-order valence-corrected chi connectivity index (χ2v) is 6.85. The van der Waals surface area contributed by atoms with Gasteiger partial charge in [0.25, 0.3) is 11.8 Å². The molecule has 0 aliphatic carbocycles. The van der Waals surface area contributed by atoms with Crippen molar-refractivity contribution < 1.29 is 18.7 Å². The summed E-state index contributed by atoms with van der Waals surface area (Å²) in [5, 5.41) is 2.93. The highest BCUT2D eigenvalue weighted by Crippen LogP contribution is 2.24. The number of amides is 2. The van der Waals surface area contributed by atoms with Gasteiger partial charge in [0.2, 0.25) is 0 Å². The molecule has 0 bridgehead atoms. The Bertz CT molecular complexity index is 1010. The van der Waals surface area contributed by atoms with E-state index in [1.165, 1.54) is 11.8 Å². The van der Waals surface area contributed by atoms with Gasteiger partial charge in [-0.15, -0.1) is 0 Å². The smallest absolute Gasteiger partial charge is 0.289 e. The van der Waals surface area contributed by atoms with Crippen molar-refractivity contribution in [1.29, 1.82) is 0 Å². The number of ether oxygens (including phenoxy) is 1. The van der Waals surface area contributed by atoms with E-state index < -0.39 is 0 Å². The van der Waals surface area contributed by atoms with E-state index in [0.717, 1.165) is 17.7 Å². The number of carbonyl (C=O) groups excluding carboxylic acids is 2. The van der Waals surface area contributed by atoms with Gasteiger partial charge in [-0.2, -0.15) is 0 Å². The molecule has 6 nitrogen and oxygen atoms in total. The summed E-state index contributed by atoms with van der Waals surface area (Å²) < 4.78 is 10.6. The van der Waals surface area contributed by atoms with Crippen molar-refractivity contribution in [3.63, 3.8) is 0 Å². The average molecular weight is 390 g/mol. The van der Waals surface area contributed by atoms with Crippen LogP contribution in [0.25, 0.3) is 0 Å². The molecule has 3 aromatic rings. The van der Waals surface area contributed by atoms with Gasteiger partial charge in [0.05, 0.1) is 12.9 Å². The molecule has 6 heteroatoms. The first-order chi connectivity index (χ1) is 14.1. The number of rotatable bonds is 5. The Hall–Kier alpha value is -3.54. The maximum Gasteiger partial charge on any atom is 0.289 e. The predicted octanol–water partition coefficient (Wildman–Crippen LogP) is 4.13. The topological polar surface area (TPSA) is 71.8 Å². The Morgan fingerprint density at radius 1 is 1.10 bits per heavy atom. The molecule has 0 atom stereocenters. The van der Waals surface area contributed by atoms with Gasteiger partial charge >= 0.3 is 0 Å². The zero-order valence-electron chi connectivity index (χ0n) is 16.2. The van der Waals surface area contributed by atoms with Gasteiger partial charge in [-0.25, -0.2) is 0 Å². The maximum absolute atomic E-state index is 12.6. The van der Waals surface area contributed by atoms with Gasteiger partial charge in [0, 0.05) is 24.3 Å². The fraction of sp³-hybridized carbons (Fsp3) is 0.217. The van der Waals surface area contributed by atoms with Crippen LogP contribution in [-0.4, -0.2) is 29.9 Å². The molecule has 1 aromatic heterocycles. The highest BCUT2D eigenvalue weighted by Gasteiger charge is 2.23. The molecule has 0 fully saturated rings. The highest BCUT2D eigenvalue weighted by atomic mass is 16.5. The molecule has 1 aliphatic rings. The Labute approximate surface area is 169 Å². The number of nitrogens with one attached hydrogen (secondary N) is 1. The van der Waals surface area contributed by atoms with Crippen molar-refractivity contribution in [2.24, 2.45) is 0 Å². The lowest BCUT2D eigenvalue weighted by molar-refractivity contribution is 0.0702. The molecule has 0 saturated heterocycles. The largest absolute Gasteiger partial charge is 0.494 e. The minimum atomic E-state index is -0.188. The van der Waals surface area contributed by atoms with Crippen molar-refractivity contribution in [2.45, 2.75) is 19.9 Å². The molecule has 2 heterocycles. The number of hydrogen-bond acceptors (Lipinski definition) is 4. The molecule has 148 valence electrons. The summed E-state index contributed by atoms with van der Waals surface area (Å²) in [4.78, 5) is 26.9. The molecule has 29 heavy (non-hydrogen) atoms. The van der Waals surface area contributed by atoms with Crippen molar-refractivity contribution in [3.05, 3.63) is 83.3 Å². The maximum atomic E-state index is 12.6. The highest BCUT2D eigenvalue weighted by molar-refractivity contribution is 6.04. The standard InChI is InChI=1S/C23H22N2O4/c1-2-28-20-9-6-17(7-10-20)22(26)24-19-8-5-16-11-12-25(15-18(16)14-19)23(27)21-4-3-13-29-21/h3-10,13-14H,2,11-12,15H2,1H3,(H,24,26). The summed E-state index contributed by atoms with van der Waals surface area (Å²) in [6.07, 6.45) is 2.27. The molecule has 0 unspecified atom stereocenters. The van der Waals surface area contributed by atoms with Crippen LogP contribution in [-0.2, 0) is 13.0 Å². The molecule has 0 radical (unpaired) electrons. The third kappa shape index (κ3) is 4.16.